The molecule has 15 heavy (non-hydrogen) atoms. The number of rotatable bonds is 5. The Bertz CT molecular complexity index is 285. The molecule has 3 N–H and O–H groups in total. The van der Waals surface area contributed by atoms with E-state index in [-0.39, 0.29) is 18.2 Å². The smallest absolute Gasteiger partial charge is 0.103 e. The van der Waals surface area contributed by atoms with Gasteiger partial charge in [0.25, 0.3) is 0 Å². The average molecular weight is 229 g/mol. The van der Waals surface area contributed by atoms with E-state index in [0.29, 0.717) is 0 Å². The second kappa shape index (κ2) is 5.07. The van der Waals surface area contributed by atoms with Crippen LogP contribution in [0.5, 0.6) is 0 Å². The largest absolute Gasteiger partial charge is 0.394 e. The van der Waals surface area contributed by atoms with Gasteiger partial charge in [-0.25, -0.2) is 0 Å². The van der Waals surface area contributed by atoms with Gasteiger partial charge in [-0.1, -0.05) is 6.07 Å². The molecule has 2 atom stereocenters. The van der Waals surface area contributed by atoms with Crippen molar-refractivity contribution in [2.24, 2.45) is 0 Å². The fraction of sp³-hybridized carbons (Fsp3) is 0.636. The van der Waals surface area contributed by atoms with E-state index >= 15 is 0 Å². The number of hydrogen-bond acceptors (Lipinski definition) is 4. The van der Waals surface area contributed by atoms with Crippen molar-refractivity contribution in [3.05, 3.63) is 22.4 Å². The molecule has 0 aromatic carbocycles. The van der Waals surface area contributed by atoms with Crippen molar-refractivity contribution >= 4 is 11.3 Å². The van der Waals surface area contributed by atoms with Crippen LogP contribution >= 0.6 is 11.3 Å². The Labute approximate surface area is 94.8 Å². The van der Waals surface area contributed by atoms with Gasteiger partial charge in [-0.2, -0.15) is 0 Å². The van der Waals surface area contributed by atoms with Crippen LogP contribution in [0.2, 0.25) is 0 Å². The fourth-order valence-corrected chi connectivity index (χ4v) is 2.26. The third-order valence-corrected chi connectivity index (χ3v) is 3.26. The van der Waals surface area contributed by atoms with E-state index in [4.69, 9.17) is 5.11 Å². The molecule has 86 valence electrons. The quantitative estimate of drug-likeness (QED) is 0.717. The normalized spacial score (nSPS) is 16.3. The van der Waals surface area contributed by atoms with E-state index in [1.807, 2.05) is 38.3 Å². The molecule has 1 heterocycles. The van der Waals surface area contributed by atoms with E-state index in [9.17, 15) is 5.11 Å². The van der Waals surface area contributed by atoms with Gasteiger partial charge in [0.2, 0.25) is 0 Å². The number of aliphatic hydroxyl groups is 2. The Morgan fingerprint density at radius 1 is 1.53 bits per heavy atom. The van der Waals surface area contributed by atoms with E-state index < -0.39 is 6.10 Å². The van der Waals surface area contributed by atoms with Gasteiger partial charge in [-0.05, 0) is 32.2 Å². The lowest BCUT2D eigenvalue weighted by Gasteiger charge is -2.30. The standard InChI is InChI=1S/C11H19NO2S/c1-8(12-11(2,3)7-13)10(14)9-5-4-6-15-9/h4-6,8,10,12-14H,7H2,1-3H3. The van der Waals surface area contributed by atoms with Gasteiger partial charge >= 0.3 is 0 Å². The Morgan fingerprint density at radius 3 is 2.67 bits per heavy atom. The Hall–Kier alpha value is -0.420. The highest BCUT2D eigenvalue weighted by atomic mass is 32.1. The lowest BCUT2D eigenvalue weighted by molar-refractivity contribution is 0.101. The topological polar surface area (TPSA) is 52.5 Å². The predicted octanol–water partition coefficient (Wildman–Crippen LogP) is 1.53. The van der Waals surface area contributed by atoms with Gasteiger partial charge in [-0.15, -0.1) is 11.3 Å². The van der Waals surface area contributed by atoms with E-state index in [1.165, 1.54) is 0 Å². The summed E-state index contributed by atoms with van der Waals surface area (Å²) in [5.74, 6) is 0. The van der Waals surface area contributed by atoms with Gasteiger partial charge < -0.3 is 15.5 Å². The van der Waals surface area contributed by atoms with Gasteiger partial charge in [0.1, 0.15) is 6.10 Å². The maximum absolute atomic E-state index is 10.0. The molecule has 0 fully saturated rings. The minimum atomic E-state index is -0.518. The second-order valence-electron chi connectivity index (χ2n) is 4.44. The van der Waals surface area contributed by atoms with Crippen molar-refractivity contribution in [1.82, 2.24) is 5.32 Å². The van der Waals surface area contributed by atoms with Crippen LogP contribution in [0.25, 0.3) is 0 Å². The van der Waals surface area contributed by atoms with Crippen molar-refractivity contribution in [3.63, 3.8) is 0 Å². The minimum absolute atomic E-state index is 0.0501. The molecule has 1 aromatic rings. The third kappa shape index (κ3) is 3.57. The van der Waals surface area contributed by atoms with Crippen LogP contribution in [0.1, 0.15) is 31.8 Å². The summed E-state index contributed by atoms with van der Waals surface area (Å²) >= 11 is 1.54. The zero-order valence-corrected chi connectivity index (χ0v) is 10.2. The summed E-state index contributed by atoms with van der Waals surface area (Å²) in [6.45, 7) is 5.78. The maximum atomic E-state index is 10.0. The first-order valence-electron chi connectivity index (χ1n) is 5.06. The summed E-state index contributed by atoms with van der Waals surface area (Å²) in [5, 5.41) is 24.3. The first kappa shape index (κ1) is 12.6. The number of thiophene rings is 1. The number of nitrogens with one attached hydrogen (secondary N) is 1. The first-order chi connectivity index (χ1) is 6.96. The summed E-state index contributed by atoms with van der Waals surface area (Å²) in [4.78, 5) is 0.948. The van der Waals surface area contributed by atoms with Gasteiger partial charge in [0.05, 0.1) is 6.61 Å². The molecular weight excluding hydrogens is 210 g/mol. The van der Waals surface area contributed by atoms with E-state index in [1.54, 1.807) is 11.3 Å². The van der Waals surface area contributed by atoms with Crippen LogP contribution in [-0.4, -0.2) is 28.4 Å². The molecule has 0 radical (unpaired) electrons. The molecule has 4 heteroatoms. The van der Waals surface area contributed by atoms with Gasteiger partial charge in [0, 0.05) is 16.5 Å². The summed E-state index contributed by atoms with van der Waals surface area (Å²) in [6.07, 6.45) is -0.518. The molecule has 0 saturated carbocycles. The van der Waals surface area contributed by atoms with Crippen LogP contribution in [0.15, 0.2) is 17.5 Å². The SMILES string of the molecule is CC(NC(C)(C)CO)C(O)c1cccs1. The molecule has 1 rings (SSSR count). The van der Waals surface area contributed by atoms with Crippen molar-refractivity contribution in [2.75, 3.05) is 6.61 Å². The highest BCUT2D eigenvalue weighted by Gasteiger charge is 2.24. The molecule has 0 aliphatic heterocycles. The van der Waals surface area contributed by atoms with Crippen molar-refractivity contribution in [1.29, 1.82) is 0 Å². The van der Waals surface area contributed by atoms with Crippen molar-refractivity contribution in [3.8, 4) is 0 Å². The lowest BCUT2D eigenvalue weighted by atomic mass is 10.0. The highest BCUT2D eigenvalue weighted by molar-refractivity contribution is 7.10. The van der Waals surface area contributed by atoms with Crippen molar-refractivity contribution in [2.45, 2.75) is 38.5 Å². The second-order valence-corrected chi connectivity index (χ2v) is 5.41. The molecule has 0 aliphatic rings. The monoisotopic (exact) mass is 229 g/mol. The molecule has 1 aromatic heterocycles. The van der Waals surface area contributed by atoms with Crippen LogP contribution in [-0.2, 0) is 0 Å². The summed E-state index contributed by atoms with van der Waals surface area (Å²) < 4.78 is 0. The zero-order chi connectivity index (χ0) is 11.5. The van der Waals surface area contributed by atoms with E-state index in [2.05, 4.69) is 5.32 Å². The minimum Gasteiger partial charge on any atom is -0.394 e. The van der Waals surface area contributed by atoms with Crippen LogP contribution in [0, 0.1) is 0 Å². The van der Waals surface area contributed by atoms with Gasteiger partial charge in [-0.3, -0.25) is 0 Å². The molecular formula is C11H19NO2S. The molecule has 0 spiro atoms. The molecule has 0 amide bonds. The Kier molecular flexibility index (Phi) is 4.28. The molecule has 2 unspecified atom stereocenters. The zero-order valence-electron chi connectivity index (χ0n) is 9.40. The third-order valence-electron chi connectivity index (χ3n) is 2.32. The van der Waals surface area contributed by atoms with E-state index in [0.717, 1.165) is 4.88 Å². The number of hydrogen-bond donors (Lipinski definition) is 3. The van der Waals surface area contributed by atoms with Crippen LogP contribution < -0.4 is 5.32 Å². The van der Waals surface area contributed by atoms with Crippen LogP contribution in [0.3, 0.4) is 0 Å². The predicted molar refractivity (Wildman–Crippen MR) is 63.0 cm³/mol. The van der Waals surface area contributed by atoms with Crippen LogP contribution in [0.4, 0.5) is 0 Å². The average Bonchev–Trinajstić information content (AvgIpc) is 2.68. The summed E-state index contributed by atoms with van der Waals surface area (Å²) in [6, 6.07) is 3.76. The van der Waals surface area contributed by atoms with Gasteiger partial charge in [0.15, 0.2) is 0 Å². The summed E-state index contributed by atoms with van der Waals surface area (Å²) in [5.41, 5.74) is -0.363. The molecule has 0 aliphatic carbocycles. The molecule has 0 saturated heterocycles. The molecule has 3 nitrogen and oxygen atoms in total. The lowest BCUT2D eigenvalue weighted by Crippen LogP contribution is -2.49. The molecule has 0 bridgehead atoms. The highest BCUT2D eigenvalue weighted by Crippen LogP contribution is 2.22. The first-order valence-corrected chi connectivity index (χ1v) is 5.94. The Balaban J connectivity index is 2.58. The maximum Gasteiger partial charge on any atom is 0.103 e. The number of aliphatic hydroxyl groups excluding tert-OH is 2. The summed E-state index contributed by atoms with van der Waals surface area (Å²) in [7, 11) is 0. The fourth-order valence-electron chi connectivity index (χ4n) is 1.45. The van der Waals surface area contributed by atoms with Crippen molar-refractivity contribution < 1.29 is 10.2 Å². The Morgan fingerprint density at radius 2 is 2.20 bits per heavy atom.